The van der Waals surface area contributed by atoms with Crippen molar-refractivity contribution >= 4 is 29.9 Å². The Bertz CT molecular complexity index is 543. The highest BCUT2D eigenvalue weighted by Gasteiger charge is 2.42. The Balaban J connectivity index is 0.00000192. The lowest BCUT2D eigenvalue weighted by Gasteiger charge is -2.25. The lowest BCUT2D eigenvalue weighted by molar-refractivity contribution is 0.156. The number of ether oxygens (including phenoxy) is 1. The second-order valence-corrected chi connectivity index (χ2v) is 6.41. The van der Waals surface area contributed by atoms with Crippen molar-refractivity contribution < 1.29 is 4.74 Å². The fraction of sp³-hybridized carbons (Fsp3) is 0.647. The summed E-state index contributed by atoms with van der Waals surface area (Å²) in [5.41, 5.74) is 2.61. The monoisotopic (exact) mass is 430 g/mol. The van der Waals surface area contributed by atoms with Crippen molar-refractivity contribution in [1.29, 1.82) is 0 Å². The van der Waals surface area contributed by atoms with Gasteiger partial charge in [-0.05, 0) is 38.3 Å². The topological polar surface area (TPSA) is 49.8 Å². The SMILES string of the molecule is CCNC(=NCc1ncccc1C)N1CCC2(CCOC2)C1.I. The van der Waals surface area contributed by atoms with Crippen LogP contribution < -0.4 is 5.32 Å². The molecule has 23 heavy (non-hydrogen) atoms. The molecule has 0 bridgehead atoms. The largest absolute Gasteiger partial charge is 0.381 e. The van der Waals surface area contributed by atoms with Gasteiger partial charge in [0, 0.05) is 37.9 Å². The summed E-state index contributed by atoms with van der Waals surface area (Å²) < 4.78 is 5.62. The van der Waals surface area contributed by atoms with Crippen molar-refractivity contribution in [2.24, 2.45) is 10.4 Å². The van der Waals surface area contributed by atoms with Gasteiger partial charge in [0.2, 0.25) is 0 Å². The maximum Gasteiger partial charge on any atom is 0.194 e. The van der Waals surface area contributed by atoms with Gasteiger partial charge in [0.05, 0.1) is 18.8 Å². The quantitative estimate of drug-likeness (QED) is 0.455. The average molecular weight is 430 g/mol. The molecule has 2 aliphatic rings. The smallest absolute Gasteiger partial charge is 0.194 e. The van der Waals surface area contributed by atoms with Gasteiger partial charge in [0.25, 0.3) is 0 Å². The summed E-state index contributed by atoms with van der Waals surface area (Å²) >= 11 is 0. The van der Waals surface area contributed by atoms with Crippen molar-refractivity contribution in [3.63, 3.8) is 0 Å². The van der Waals surface area contributed by atoms with Crippen molar-refractivity contribution in [2.75, 3.05) is 32.8 Å². The van der Waals surface area contributed by atoms with Crippen LogP contribution in [0.3, 0.4) is 0 Å². The predicted molar refractivity (Wildman–Crippen MR) is 103 cm³/mol. The summed E-state index contributed by atoms with van der Waals surface area (Å²) in [6.07, 6.45) is 4.23. The highest BCUT2D eigenvalue weighted by atomic mass is 127. The maximum atomic E-state index is 5.62. The van der Waals surface area contributed by atoms with Crippen molar-refractivity contribution in [1.82, 2.24) is 15.2 Å². The van der Waals surface area contributed by atoms with E-state index in [1.165, 1.54) is 18.4 Å². The molecule has 1 N–H and O–H groups in total. The van der Waals surface area contributed by atoms with Crippen molar-refractivity contribution in [2.45, 2.75) is 33.2 Å². The third-order valence-electron chi connectivity index (χ3n) is 4.75. The molecule has 5 nitrogen and oxygen atoms in total. The molecule has 1 aromatic rings. The summed E-state index contributed by atoms with van der Waals surface area (Å²) in [7, 11) is 0. The zero-order valence-corrected chi connectivity index (χ0v) is 16.4. The zero-order chi connectivity index (χ0) is 15.4. The van der Waals surface area contributed by atoms with Gasteiger partial charge in [0.15, 0.2) is 5.96 Å². The minimum absolute atomic E-state index is 0. The summed E-state index contributed by atoms with van der Waals surface area (Å²) in [5.74, 6) is 1.01. The number of nitrogens with one attached hydrogen (secondary N) is 1. The fourth-order valence-corrected chi connectivity index (χ4v) is 3.35. The number of aromatic nitrogens is 1. The van der Waals surface area contributed by atoms with Gasteiger partial charge in [-0.1, -0.05) is 6.07 Å². The molecule has 1 spiro atoms. The molecule has 0 aromatic carbocycles. The second kappa shape index (κ2) is 8.28. The number of nitrogens with zero attached hydrogens (tertiary/aromatic N) is 3. The molecule has 2 fully saturated rings. The van der Waals surface area contributed by atoms with E-state index in [9.17, 15) is 0 Å². The molecule has 3 rings (SSSR count). The number of hydrogen-bond acceptors (Lipinski definition) is 3. The van der Waals surface area contributed by atoms with Crippen LogP contribution in [0.2, 0.25) is 0 Å². The molecule has 3 heterocycles. The summed E-state index contributed by atoms with van der Waals surface area (Å²) in [5, 5.41) is 3.43. The molecule has 2 aliphatic heterocycles. The lowest BCUT2D eigenvalue weighted by Crippen LogP contribution is -2.41. The predicted octanol–water partition coefficient (Wildman–Crippen LogP) is 2.59. The fourth-order valence-electron chi connectivity index (χ4n) is 3.35. The van der Waals surface area contributed by atoms with E-state index in [-0.39, 0.29) is 24.0 Å². The van der Waals surface area contributed by atoms with Crippen LogP contribution in [0.4, 0.5) is 0 Å². The van der Waals surface area contributed by atoms with Crippen LogP contribution in [0.1, 0.15) is 31.0 Å². The Labute approximate surface area is 155 Å². The van der Waals surface area contributed by atoms with Crippen LogP contribution in [0, 0.1) is 12.3 Å². The van der Waals surface area contributed by atoms with Gasteiger partial charge in [0.1, 0.15) is 0 Å². The number of aryl methyl sites for hydroxylation is 1. The van der Waals surface area contributed by atoms with E-state index < -0.39 is 0 Å². The normalized spacial score (nSPS) is 24.1. The molecule has 1 atom stereocenters. The third-order valence-corrected chi connectivity index (χ3v) is 4.75. The lowest BCUT2D eigenvalue weighted by atomic mass is 9.87. The van der Waals surface area contributed by atoms with Gasteiger partial charge in [-0.3, -0.25) is 4.98 Å². The van der Waals surface area contributed by atoms with Crippen LogP contribution in [0.25, 0.3) is 0 Å². The molecule has 1 aromatic heterocycles. The average Bonchev–Trinajstić information content (AvgIpc) is 3.16. The first-order valence-corrected chi connectivity index (χ1v) is 8.24. The Morgan fingerprint density at radius 2 is 2.35 bits per heavy atom. The summed E-state index contributed by atoms with van der Waals surface area (Å²) in [4.78, 5) is 11.6. The van der Waals surface area contributed by atoms with E-state index >= 15 is 0 Å². The summed E-state index contributed by atoms with van der Waals surface area (Å²) in [6.45, 7) is 9.67. The van der Waals surface area contributed by atoms with E-state index in [1.807, 2.05) is 12.3 Å². The molecular formula is C17H27IN4O. The van der Waals surface area contributed by atoms with Crippen LogP contribution in [0.5, 0.6) is 0 Å². The van der Waals surface area contributed by atoms with E-state index in [1.54, 1.807) is 0 Å². The van der Waals surface area contributed by atoms with Crippen molar-refractivity contribution in [3.8, 4) is 0 Å². The highest BCUT2D eigenvalue weighted by molar-refractivity contribution is 14.0. The number of aliphatic imine (C=N–C) groups is 1. The molecule has 0 radical (unpaired) electrons. The minimum atomic E-state index is 0. The molecule has 2 saturated heterocycles. The van der Waals surface area contributed by atoms with Gasteiger partial charge in [-0.15, -0.1) is 24.0 Å². The molecule has 128 valence electrons. The Kier molecular flexibility index (Phi) is 6.64. The molecule has 0 aliphatic carbocycles. The van der Waals surface area contributed by atoms with Crippen molar-refractivity contribution in [3.05, 3.63) is 29.6 Å². The number of rotatable bonds is 3. The van der Waals surface area contributed by atoms with Crippen LogP contribution >= 0.6 is 24.0 Å². The van der Waals surface area contributed by atoms with Gasteiger partial charge in [-0.2, -0.15) is 0 Å². The van der Waals surface area contributed by atoms with Gasteiger partial charge < -0.3 is 15.0 Å². The van der Waals surface area contributed by atoms with Crippen LogP contribution in [-0.2, 0) is 11.3 Å². The molecule has 0 amide bonds. The van der Waals surface area contributed by atoms with E-state index in [4.69, 9.17) is 9.73 Å². The minimum Gasteiger partial charge on any atom is -0.381 e. The maximum absolute atomic E-state index is 5.62. The Morgan fingerprint density at radius 3 is 3.04 bits per heavy atom. The first-order valence-electron chi connectivity index (χ1n) is 8.24. The molecule has 6 heteroatoms. The third kappa shape index (κ3) is 4.35. The molecule has 1 unspecified atom stereocenters. The Hall–Kier alpha value is -0.890. The van der Waals surface area contributed by atoms with Crippen LogP contribution in [0.15, 0.2) is 23.3 Å². The van der Waals surface area contributed by atoms with E-state index in [2.05, 4.69) is 35.1 Å². The van der Waals surface area contributed by atoms with E-state index in [0.29, 0.717) is 12.0 Å². The number of likely N-dealkylation sites (tertiary alicyclic amines) is 1. The first kappa shape index (κ1) is 18.4. The number of hydrogen-bond donors (Lipinski definition) is 1. The first-order chi connectivity index (χ1) is 10.7. The van der Waals surface area contributed by atoms with Crippen LogP contribution in [-0.4, -0.2) is 48.7 Å². The number of guanidine groups is 1. The zero-order valence-electron chi connectivity index (χ0n) is 14.0. The summed E-state index contributed by atoms with van der Waals surface area (Å²) in [6, 6.07) is 4.06. The highest BCUT2D eigenvalue weighted by Crippen LogP contribution is 2.38. The second-order valence-electron chi connectivity index (χ2n) is 6.41. The van der Waals surface area contributed by atoms with E-state index in [0.717, 1.165) is 44.5 Å². The number of halogens is 1. The molecule has 0 saturated carbocycles. The standard InChI is InChI=1S/C17H26N4O.HI/c1-3-18-16(20-11-15-14(2)5-4-8-19-15)21-9-6-17(12-21)7-10-22-13-17;/h4-5,8H,3,6-7,9-13H2,1-2H3,(H,18,20);1H. The number of pyridine rings is 1. The Morgan fingerprint density at radius 1 is 1.48 bits per heavy atom. The van der Waals surface area contributed by atoms with Gasteiger partial charge >= 0.3 is 0 Å². The molecular weight excluding hydrogens is 403 g/mol. The van der Waals surface area contributed by atoms with Gasteiger partial charge in [-0.25, -0.2) is 4.99 Å².